The molecule has 0 aliphatic rings. The second-order valence-corrected chi connectivity index (χ2v) is 7.20. The van der Waals surface area contributed by atoms with E-state index in [0.717, 1.165) is 21.2 Å². The lowest BCUT2D eigenvalue weighted by atomic mass is 10.2. The number of rotatable bonds is 6. The topological polar surface area (TPSA) is 74.7 Å². The van der Waals surface area contributed by atoms with Gasteiger partial charge in [-0.2, -0.15) is 4.31 Å². The van der Waals surface area contributed by atoms with E-state index < -0.39 is 22.5 Å². The number of aliphatic carboxylic acids is 1. The Bertz CT molecular complexity index is 666. The second-order valence-electron chi connectivity index (χ2n) is 4.08. The molecule has 0 atom stereocenters. The van der Waals surface area contributed by atoms with Gasteiger partial charge in [-0.1, -0.05) is 36.4 Å². The van der Waals surface area contributed by atoms with Crippen molar-refractivity contribution in [1.82, 2.24) is 4.31 Å². The zero-order chi connectivity index (χ0) is 14.6. The summed E-state index contributed by atoms with van der Waals surface area (Å²) in [5.41, 5.74) is 0.744. The number of carboxylic acids is 1. The van der Waals surface area contributed by atoms with E-state index in [1.54, 1.807) is 35.7 Å². The van der Waals surface area contributed by atoms with Gasteiger partial charge < -0.3 is 5.11 Å². The number of carbonyl (C=O) groups is 1. The van der Waals surface area contributed by atoms with Crippen LogP contribution in [-0.2, 0) is 21.4 Å². The summed E-state index contributed by atoms with van der Waals surface area (Å²) in [4.78, 5) is 10.9. The fourth-order valence-corrected chi connectivity index (χ4v) is 4.22. The minimum Gasteiger partial charge on any atom is -0.480 e. The minimum absolute atomic E-state index is 0.0351. The first-order valence-electron chi connectivity index (χ1n) is 5.79. The molecule has 2 rings (SSSR count). The number of nitrogens with zero attached hydrogens (tertiary/aromatic N) is 1. The maximum atomic E-state index is 12.4. The highest BCUT2D eigenvalue weighted by Crippen LogP contribution is 2.22. The van der Waals surface area contributed by atoms with Crippen molar-refractivity contribution in [3.63, 3.8) is 0 Å². The van der Waals surface area contributed by atoms with E-state index in [4.69, 9.17) is 5.11 Å². The summed E-state index contributed by atoms with van der Waals surface area (Å²) in [6, 6.07) is 12.0. The first-order chi connectivity index (χ1) is 9.50. The van der Waals surface area contributed by atoms with Crippen molar-refractivity contribution < 1.29 is 18.3 Å². The molecule has 0 amide bonds. The van der Waals surface area contributed by atoms with Crippen LogP contribution in [-0.4, -0.2) is 30.3 Å². The van der Waals surface area contributed by atoms with Gasteiger partial charge in [0.15, 0.2) is 0 Å². The van der Waals surface area contributed by atoms with Crippen LogP contribution in [0.4, 0.5) is 0 Å². The standard InChI is InChI=1S/C13H13NO4S2/c15-12(16)10-14(9-11-5-2-1-3-6-11)20(17,18)13-7-4-8-19-13/h1-8H,9-10H2,(H,15,16). The third-order valence-electron chi connectivity index (χ3n) is 2.60. The molecule has 1 heterocycles. The van der Waals surface area contributed by atoms with E-state index in [-0.39, 0.29) is 10.8 Å². The van der Waals surface area contributed by atoms with E-state index in [0.29, 0.717) is 0 Å². The summed E-state index contributed by atoms with van der Waals surface area (Å²) in [6.45, 7) is -0.525. The molecule has 20 heavy (non-hydrogen) atoms. The lowest BCUT2D eigenvalue weighted by Gasteiger charge is -2.19. The third kappa shape index (κ3) is 3.44. The van der Waals surface area contributed by atoms with Crippen molar-refractivity contribution in [2.24, 2.45) is 0 Å². The van der Waals surface area contributed by atoms with Gasteiger partial charge >= 0.3 is 5.97 Å². The van der Waals surface area contributed by atoms with Crippen LogP contribution >= 0.6 is 11.3 Å². The zero-order valence-corrected chi connectivity index (χ0v) is 12.1. The van der Waals surface area contributed by atoms with Crippen LogP contribution < -0.4 is 0 Å². The number of hydrogen-bond donors (Lipinski definition) is 1. The summed E-state index contributed by atoms with van der Waals surface area (Å²) >= 11 is 1.07. The molecule has 0 spiro atoms. The molecule has 0 bridgehead atoms. The van der Waals surface area contributed by atoms with E-state index >= 15 is 0 Å². The Balaban J connectivity index is 2.31. The highest BCUT2D eigenvalue weighted by atomic mass is 32.2. The Kier molecular flexibility index (Phi) is 4.53. The van der Waals surface area contributed by atoms with Gasteiger partial charge in [0.25, 0.3) is 10.0 Å². The summed E-state index contributed by atoms with van der Waals surface area (Å²) < 4.78 is 25.9. The molecule has 2 aromatic rings. The lowest BCUT2D eigenvalue weighted by molar-refractivity contribution is -0.137. The lowest BCUT2D eigenvalue weighted by Crippen LogP contribution is -2.34. The smallest absolute Gasteiger partial charge is 0.318 e. The zero-order valence-electron chi connectivity index (χ0n) is 10.5. The molecule has 0 aliphatic heterocycles. The molecule has 0 unspecified atom stereocenters. The quantitative estimate of drug-likeness (QED) is 0.885. The van der Waals surface area contributed by atoms with Crippen molar-refractivity contribution in [3.8, 4) is 0 Å². The van der Waals surface area contributed by atoms with Gasteiger partial charge in [0.05, 0.1) is 0 Å². The van der Waals surface area contributed by atoms with Gasteiger partial charge in [-0.25, -0.2) is 8.42 Å². The van der Waals surface area contributed by atoms with Gasteiger partial charge in [-0.05, 0) is 17.0 Å². The highest BCUT2D eigenvalue weighted by Gasteiger charge is 2.27. The van der Waals surface area contributed by atoms with E-state index in [1.165, 1.54) is 6.07 Å². The monoisotopic (exact) mass is 311 g/mol. The van der Waals surface area contributed by atoms with Crippen molar-refractivity contribution in [3.05, 3.63) is 53.4 Å². The predicted molar refractivity (Wildman–Crippen MR) is 76.0 cm³/mol. The number of hydrogen-bond acceptors (Lipinski definition) is 4. The van der Waals surface area contributed by atoms with E-state index in [1.807, 2.05) is 6.07 Å². The van der Waals surface area contributed by atoms with Crippen molar-refractivity contribution in [1.29, 1.82) is 0 Å². The molecule has 1 aromatic heterocycles. The molecular formula is C13H13NO4S2. The molecular weight excluding hydrogens is 298 g/mol. The molecule has 0 radical (unpaired) electrons. The van der Waals surface area contributed by atoms with Crippen LogP contribution in [0, 0.1) is 0 Å². The first-order valence-corrected chi connectivity index (χ1v) is 8.11. The van der Waals surface area contributed by atoms with Gasteiger partial charge in [-0.3, -0.25) is 4.79 Å². The summed E-state index contributed by atoms with van der Waals surface area (Å²) in [5, 5.41) is 10.6. The molecule has 0 fully saturated rings. The fraction of sp³-hybridized carbons (Fsp3) is 0.154. The van der Waals surface area contributed by atoms with Crippen LogP contribution in [0.1, 0.15) is 5.56 Å². The molecule has 106 valence electrons. The fourth-order valence-electron chi connectivity index (χ4n) is 1.70. The Morgan fingerprint density at radius 2 is 1.85 bits per heavy atom. The van der Waals surface area contributed by atoms with Gasteiger partial charge in [0.1, 0.15) is 10.8 Å². The third-order valence-corrected chi connectivity index (χ3v) is 5.77. The largest absolute Gasteiger partial charge is 0.480 e. The van der Waals surface area contributed by atoms with E-state index in [9.17, 15) is 13.2 Å². The van der Waals surface area contributed by atoms with Crippen molar-refractivity contribution in [2.75, 3.05) is 6.54 Å². The summed E-state index contributed by atoms with van der Waals surface area (Å²) in [7, 11) is -3.78. The average Bonchev–Trinajstić information content (AvgIpc) is 2.93. The maximum Gasteiger partial charge on any atom is 0.318 e. The second kappa shape index (κ2) is 6.17. The number of carboxylic acid groups (broad SMARTS) is 1. The summed E-state index contributed by atoms with van der Waals surface area (Å²) in [6.07, 6.45) is 0. The normalized spacial score (nSPS) is 11.7. The molecule has 0 saturated carbocycles. The molecule has 1 aromatic carbocycles. The molecule has 1 N–H and O–H groups in total. The Hall–Kier alpha value is -1.70. The minimum atomic E-state index is -3.78. The Morgan fingerprint density at radius 3 is 2.40 bits per heavy atom. The SMILES string of the molecule is O=C(O)CN(Cc1ccccc1)S(=O)(=O)c1cccs1. The maximum absolute atomic E-state index is 12.4. The predicted octanol–water partition coefficient (Wildman–Crippen LogP) is 2.02. The number of thiophene rings is 1. The van der Waals surface area contributed by atoms with Crippen LogP contribution in [0.3, 0.4) is 0 Å². The van der Waals surface area contributed by atoms with Crippen LogP contribution in [0.25, 0.3) is 0 Å². The molecule has 0 saturated heterocycles. The number of benzene rings is 1. The average molecular weight is 311 g/mol. The van der Waals surface area contributed by atoms with E-state index in [2.05, 4.69) is 0 Å². The number of sulfonamides is 1. The van der Waals surface area contributed by atoms with Crippen LogP contribution in [0.15, 0.2) is 52.1 Å². The van der Waals surface area contributed by atoms with Gasteiger partial charge in [0, 0.05) is 6.54 Å². The Morgan fingerprint density at radius 1 is 1.15 bits per heavy atom. The molecule has 5 nitrogen and oxygen atoms in total. The molecule has 7 heteroatoms. The first kappa shape index (κ1) is 14.7. The van der Waals surface area contributed by atoms with Crippen LogP contribution in [0.2, 0.25) is 0 Å². The highest BCUT2D eigenvalue weighted by molar-refractivity contribution is 7.91. The van der Waals surface area contributed by atoms with Crippen LogP contribution in [0.5, 0.6) is 0 Å². The van der Waals surface area contributed by atoms with Crippen molar-refractivity contribution >= 4 is 27.3 Å². The van der Waals surface area contributed by atoms with Gasteiger partial charge in [0.2, 0.25) is 0 Å². The summed E-state index contributed by atoms with van der Waals surface area (Å²) in [5.74, 6) is -1.18. The Labute approximate surface area is 121 Å². The van der Waals surface area contributed by atoms with Crippen molar-refractivity contribution in [2.45, 2.75) is 10.8 Å². The van der Waals surface area contributed by atoms with Gasteiger partial charge in [-0.15, -0.1) is 11.3 Å². The molecule has 0 aliphatic carbocycles.